The predicted octanol–water partition coefficient (Wildman–Crippen LogP) is 1.83. The van der Waals surface area contributed by atoms with E-state index in [0.717, 1.165) is 38.5 Å². The standard InChI is InChI=1S/C16H22N2O3.C2HF3O2/c19-9-13-6-16(18(8-13)7-12-3-4-12)10-17(11-16)15(20)14-2-1-5-21-14;3-2(4,5)1(6)7/h1-2,5,12-13,19H,3-4,6-11H2;(H,6,7). The number of hydrogen-bond donors (Lipinski definition) is 2. The summed E-state index contributed by atoms with van der Waals surface area (Å²) < 4.78 is 36.9. The minimum absolute atomic E-state index is 0.00977. The Balaban J connectivity index is 0.000000279. The Hall–Kier alpha value is -2.07. The van der Waals surface area contributed by atoms with Gasteiger partial charge in [0.15, 0.2) is 5.76 Å². The maximum atomic E-state index is 12.3. The summed E-state index contributed by atoms with van der Waals surface area (Å²) >= 11 is 0. The van der Waals surface area contributed by atoms with E-state index in [0.29, 0.717) is 11.7 Å². The van der Waals surface area contributed by atoms with Gasteiger partial charge in [-0.3, -0.25) is 9.69 Å². The number of carbonyl (C=O) groups is 2. The maximum absolute atomic E-state index is 12.3. The smallest absolute Gasteiger partial charge is 0.475 e. The molecule has 1 aromatic heterocycles. The highest BCUT2D eigenvalue weighted by Gasteiger charge is 2.55. The van der Waals surface area contributed by atoms with E-state index >= 15 is 0 Å². The largest absolute Gasteiger partial charge is 0.490 e. The van der Waals surface area contributed by atoms with Gasteiger partial charge >= 0.3 is 12.1 Å². The predicted molar refractivity (Wildman–Crippen MR) is 90.5 cm³/mol. The van der Waals surface area contributed by atoms with Crippen molar-refractivity contribution in [2.24, 2.45) is 11.8 Å². The van der Waals surface area contributed by atoms with E-state index in [1.54, 1.807) is 18.4 Å². The van der Waals surface area contributed by atoms with Crippen LogP contribution in [-0.4, -0.2) is 76.4 Å². The molecule has 1 aromatic rings. The average Bonchev–Trinajstić information content (AvgIpc) is 3.10. The third-order valence-corrected chi connectivity index (χ3v) is 5.48. The molecule has 7 nitrogen and oxygen atoms in total. The third-order valence-electron chi connectivity index (χ3n) is 5.48. The van der Waals surface area contributed by atoms with Gasteiger partial charge < -0.3 is 19.5 Å². The molecule has 1 saturated carbocycles. The molecule has 10 heteroatoms. The number of alkyl halides is 3. The van der Waals surface area contributed by atoms with Crippen LogP contribution in [0.2, 0.25) is 0 Å². The summed E-state index contributed by atoms with van der Waals surface area (Å²) in [5.74, 6) is -1.13. The summed E-state index contributed by atoms with van der Waals surface area (Å²) in [5.41, 5.74) is 0.109. The maximum Gasteiger partial charge on any atom is 0.490 e. The number of carboxylic acid groups (broad SMARTS) is 1. The SMILES string of the molecule is O=C(O)C(F)(F)F.O=C(c1ccco1)N1CC2(CC(CO)CN2CC2CC2)C1. The summed E-state index contributed by atoms with van der Waals surface area (Å²) in [7, 11) is 0. The topological polar surface area (TPSA) is 94.2 Å². The number of aliphatic carboxylic acids is 1. The summed E-state index contributed by atoms with van der Waals surface area (Å²) in [6.45, 7) is 3.93. The molecule has 28 heavy (non-hydrogen) atoms. The fourth-order valence-electron chi connectivity index (χ4n) is 3.93. The second-order valence-electron chi connectivity index (χ2n) is 7.77. The molecule has 1 unspecified atom stereocenters. The van der Waals surface area contributed by atoms with Crippen LogP contribution in [0.15, 0.2) is 22.8 Å². The minimum atomic E-state index is -5.08. The monoisotopic (exact) mass is 404 g/mol. The van der Waals surface area contributed by atoms with Crippen LogP contribution in [0.5, 0.6) is 0 Å². The number of hydrogen-bond acceptors (Lipinski definition) is 5. The van der Waals surface area contributed by atoms with Crippen LogP contribution in [0.25, 0.3) is 0 Å². The van der Waals surface area contributed by atoms with Crippen LogP contribution >= 0.6 is 0 Å². The zero-order valence-corrected chi connectivity index (χ0v) is 15.2. The molecule has 0 aromatic carbocycles. The Kier molecular flexibility index (Phi) is 5.72. The zero-order valence-electron chi connectivity index (χ0n) is 15.2. The highest BCUT2D eigenvalue weighted by Crippen LogP contribution is 2.43. The van der Waals surface area contributed by atoms with Crippen molar-refractivity contribution in [3.05, 3.63) is 24.2 Å². The van der Waals surface area contributed by atoms with E-state index in [-0.39, 0.29) is 18.1 Å². The summed E-state index contributed by atoms with van der Waals surface area (Å²) in [4.78, 5) is 25.6. The molecular formula is C18H23F3N2O5. The first-order chi connectivity index (χ1) is 13.1. The fourth-order valence-corrected chi connectivity index (χ4v) is 3.93. The number of aliphatic hydroxyl groups is 1. The Labute approximate surface area is 159 Å². The lowest BCUT2D eigenvalue weighted by molar-refractivity contribution is -0.192. The molecule has 2 aliphatic heterocycles. The minimum Gasteiger partial charge on any atom is -0.475 e. The van der Waals surface area contributed by atoms with Crippen molar-refractivity contribution >= 4 is 11.9 Å². The lowest BCUT2D eigenvalue weighted by Crippen LogP contribution is -2.69. The molecule has 4 rings (SSSR count). The Morgan fingerprint density at radius 1 is 1.25 bits per heavy atom. The third kappa shape index (κ3) is 4.49. The molecule has 2 saturated heterocycles. The summed E-state index contributed by atoms with van der Waals surface area (Å²) in [6, 6.07) is 3.47. The summed E-state index contributed by atoms with van der Waals surface area (Å²) in [6.07, 6.45) is 0.147. The van der Waals surface area contributed by atoms with Crippen molar-refractivity contribution < 1.29 is 37.4 Å². The number of carboxylic acids is 1. The van der Waals surface area contributed by atoms with Crippen molar-refractivity contribution in [3.63, 3.8) is 0 Å². The molecule has 3 aliphatic rings. The highest BCUT2D eigenvalue weighted by atomic mass is 19.4. The van der Waals surface area contributed by atoms with E-state index in [1.807, 2.05) is 4.90 Å². The molecule has 3 heterocycles. The van der Waals surface area contributed by atoms with Crippen LogP contribution in [0.4, 0.5) is 13.2 Å². The number of halogens is 3. The molecule has 0 bridgehead atoms. The van der Waals surface area contributed by atoms with Crippen LogP contribution in [-0.2, 0) is 4.79 Å². The molecule has 0 radical (unpaired) electrons. The van der Waals surface area contributed by atoms with Crippen molar-refractivity contribution in [3.8, 4) is 0 Å². The Morgan fingerprint density at radius 3 is 2.36 bits per heavy atom. The number of aliphatic hydroxyl groups excluding tert-OH is 1. The first-order valence-corrected chi connectivity index (χ1v) is 9.13. The van der Waals surface area contributed by atoms with E-state index < -0.39 is 12.1 Å². The van der Waals surface area contributed by atoms with Gasteiger partial charge in [-0.1, -0.05) is 0 Å². The van der Waals surface area contributed by atoms with Crippen molar-refractivity contribution in [1.29, 1.82) is 0 Å². The molecule has 3 fully saturated rings. The van der Waals surface area contributed by atoms with Crippen molar-refractivity contribution in [2.75, 3.05) is 32.8 Å². The first kappa shape index (κ1) is 20.7. The van der Waals surface area contributed by atoms with Gasteiger partial charge in [0.25, 0.3) is 5.91 Å². The van der Waals surface area contributed by atoms with E-state index in [4.69, 9.17) is 14.3 Å². The highest BCUT2D eigenvalue weighted by molar-refractivity contribution is 5.92. The van der Waals surface area contributed by atoms with Crippen LogP contribution < -0.4 is 0 Å². The van der Waals surface area contributed by atoms with E-state index in [2.05, 4.69) is 4.90 Å². The quantitative estimate of drug-likeness (QED) is 0.795. The number of likely N-dealkylation sites (tertiary alicyclic amines) is 2. The molecule has 1 spiro atoms. The van der Waals surface area contributed by atoms with Gasteiger partial charge in [-0.15, -0.1) is 0 Å². The van der Waals surface area contributed by atoms with Crippen LogP contribution in [0.1, 0.15) is 29.8 Å². The number of rotatable bonds is 4. The van der Waals surface area contributed by atoms with Crippen LogP contribution in [0.3, 0.4) is 0 Å². The lowest BCUT2D eigenvalue weighted by atomic mass is 9.84. The fraction of sp³-hybridized carbons (Fsp3) is 0.667. The van der Waals surface area contributed by atoms with Crippen LogP contribution in [0, 0.1) is 11.8 Å². The number of furan rings is 1. The molecule has 1 amide bonds. The van der Waals surface area contributed by atoms with Gasteiger partial charge in [-0.2, -0.15) is 13.2 Å². The van der Waals surface area contributed by atoms with Crippen molar-refractivity contribution in [2.45, 2.75) is 31.0 Å². The number of amides is 1. The van der Waals surface area contributed by atoms with Gasteiger partial charge in [0, 0.05) is 32.8 Å². The van der Waals surface area contributed by atoms with Gasteiger partial charge in [0.2, 0.25) is 0 Å². The Bertz CT molecular complexity index is 697. The van der Waals surface area contributed by atoms with Gasteiger partial charge in [0.05, 0.1) is 11.8 Å². The lowest BCUT2D eigenvalue weighted by Gasteiger charge is -2.52. The van der Waals surface area contributed by atoms with E-state index in [1.165, 1.54) is 12.8 Å². The summed E-state index contributed by atoms with van der Waals surface area (Å²) in [5, 5.41) is 16.6. The normalized spacial score (nSPS) is 23.9. The zero-order chi connectivity index (χ0) is 20.5. The average molecular weight is 404 g/mol. The number of nitrogens with zero attached hydrogens (tertiary/aromatic N) is 2. The van der Waals surface area contributed by atoms with E-state index in [9.17, 15) is 23.1 Å². The molecule has 156 valence electrons. The van der Waals surface area contributed by atoms with Gasteiger partial charge in [-0.25, -0.2) is 4.79 Å². The second kappa shape index (κ2) is 7.75. The molecular weight excluding hydrogens is 381 g/mol. The van der Waals surface area contributed by atoms with Gasteiger partial charge in [0.1, 0.15) is 0 Å². The van der Waals surface area contributed by atoms with Gasteiger partial charge in [-0.05, 0) is 43.2 Å². The molecule has 1 aliphatic carbocycles. The molecule has 1 atom stereocenters. The Morgan fingerprint density at radius 2 is 1.89 bits per heavy atom. The molecule has 2 N–H and O–H groups in total. The first-order valence-electron chi connectivity index (χ1n) is 9.13. The second-order valence-corrected chi connectivity index (χ2v) is 7.77. The number of carbonyl (C=O) groups excluding carboxylic acids is 1. The van der Waals surface area contributed by atoms with Crippen molar-refractivity contribution in [1.82, 2.24) is 9.80 Å².